The molecule has 0 saturated carbocycles. The second-order valence-electron chi connectivity index (χ2n) is 2.69. The highest BCUT2D eigenvalue weighted by molar-refractivity contribution is 7.14. The standard InChI is InChI=1S/C9H8N3O5S/c1-16-8(15)3-17-12-6(2-13)7-4-18-9(11-7)10-5-14/h4-5H,3H2,1H3,(H,10,11,14)/b12-6+. The molecule has 1 heterocycles. The van der Waals surface area contributed by atoms with Crippen molar-refractivity contribution in [3.05, 3.63) is 11.1 Å². The predicted molar refractivity (Wildman–Crippen MR) is 62.0 cm³/mol. The summed E-state index contributed by atoms with van der Waals surface area (Å²) >= 11 is 1.10. The highest BCUT2D eigenvalue weighted by atomic mass is 32.1. The highest BCUT2D eigenvalue weighted by Gasteiger charge is 2.10. The molecule has 0 aromatic carbocycles. The number of ether oxygens (including phenoxy) is 1. The van der Waals surface area contributed by atoms with Crippen molar-refractivity contribution in [2.24, 2.45) is 5.16 Å². The molecule has 0 spiro atoms. The molecule has 9 heteroatoms. The molecule has 0 aliphatic rings. The molecular formula is C9H8N3O5S. The topological polar surface area (TPSA) is 107 Å². The van der Waals surface area contributed by atoms with E-state index in [0.29, 0.717) is 11.5 Å². The number of anilines is 1. The number of esters is 1. The Morgan fingerprint density at radius 3 is 3.11 bits per heavy atom. The summed E-state index contributed by atoms with van der Waals surface area (Å²) in [5.74, 6) is -0.634. The summed E-state index contributed by atoms with van der Waals surface area (Å²) in [7, 11) is 1.19. The van der Waals surface area contributed by atoms with Crippen LogP contribution in [0.1, 0.15) is 5.69 Å². The van der Waals surface area contributed by atoms with E-state index in [-0.39, 0.29) is 11.4 Å². The SMILES string of the molecule is COC(=O)CO/N=C(\[C]=O)c1csc(NC=O)n1. The zero-order valence-corrected chi connectivity index (χ0v) is 10.0. The minimum absolute atomic E-state index is 0.184. The minimum Gasteiger partial charge on any atom is -0.466 e. The van der Waals surface area contributed by atoms with Crippen molar-refractivity contribution in [2.75, 3.05) is 19.0 Å². The molecule has 8 nitrogen and oxygen atoms in total. The molecule has 0 aliphatic carbocycles. The minimum atomic E-state index is -0.634. The molecule has 1 N–H and O–H groups in total. The summed E-state index contributed by atoms with van der Waals surface area (Å²) in [6, 6.07) is 0. The Bertz CT molecular complexity index is 471. The third-order valence-corrected chi connectivity index (χ3v) is 2.37. The third-order valence-electron chi connectivity index (χ3n) is 1.59. The van der Waals surface area contributed by atoms with Crippen molar-refractivity contribution in [1.29, 1.82) is 0 Å². The van der Waals surface area contributed by atoms with Crippen LogP contribution in [0.3, 0.4) is 0 Å². The summed E-state index contributed by atoms with van der Waals surface area (Å²) in [6.07, 6.45) is 1.97. The van der Waals surface area contributed by atoms with Gasteiger partial charge in [-0.1, -0.05) is 5.16 Å². The highest BCUT2D eigenvalue weighted by Crippen LogP contribution is 2.14. The number of thiazole rings is 1. The molecule has 0 aliphatic heterocycles. The first-order valence-corrected chi connectivity index (χ1v) is 5.40. The van der Waals surface area contributed by atoms with Crippen LogP contribution in [0.2, 0.25) is 0 Å². The van der Waals surface area contributed by atoms with Crippen LogP contribution in [0.25, 0.3) is 0 Å². The van der Waals surface area contributed by atoms with Crippen molar-refractivity contribution in [3.63, 3.8) is 0 Å². The molecule has 1 aromatic rings. The number of methoxy groups -OCH3 is 1. The second-order valence-corrected chi connectivity index (χ2v) is 3.55. The van der Waals surface area contributed by atoms with Gasteiger partial charge in [0.05, 0.1) is 7.11 Å². The number of nitrogens with one attached hydrogen (secondary N) is 1. The lowest BCUT2D eigenvalue weighted by Gasteiger charge is -1.97. The van der Waals surface area contributed by atoms with Gasteiger partial charge in [0.2, 0.25) is 13.0 Å². The summed E-state index contributed by atoms with van der Waals surface area (Å²) in [4.78, 5) is 40.0. The molecule has 1 rings (SSSR count). The van der Waals surface area contributed by atoms with Gasteiger partial charge in [-0.2, -0.15) is 0 Å². The Hall–Kier alpha value is -2.29. The molecule has 0 saturated heterocycles. The zero-order chi connectivity index (χ0) is 13.4. The monoisotopic (exact) mass is 270 g/mol. The molecular weight excluding hydrogens is 262 g/mol. The number of hydrogen-bond acceptors (Lipinski definition) is 8. The average Bonchev–Trinajstić information content (AvgIpc) is 2.83. The molecule has 0 fully saturated rings. The van der Waals surface area contributed by atoms with Gasteiger partial charge in [0.1, 0.15) is 5.69 Å². The van der Waals surface area contributed by atoms with Crippen LogP contribution in [0.4, 0.5) is 5.13 Å². The maximum Gasteiger partial charge on any atom is 0.346 e. The Balaban J connectivity index is 2.69. The fraction of sp³-hybridized carbons (Fsp3) is 0.222. The van der Waals surface area contributed by atoms with Crippen molar-refractivity contribution in [2.45, 2.75) is 0 Å². The lowest BCUT2D eigenvalue weighted by Crippen LogP contribution is -2.10. The first kappa shape index (κ1) is 13.8. The maximum atomic E-state index is 10.7. The van der Waals surface area contributed by atoms with Crippen LogP contribution in [0.15, 0.2) is 10.5 Å². The van der Waals surface area contributed by atoms with E-state index in [4.69, 9.17) is 0 Å². The number of hydrogen-bond donors (Lipinski definition) is 1. The van der Waals surface area contributed by atoms with Crippen LogP contribution in [-0.4, -0.2) is 43.1 Å². The predicted octanol–water partition coefficient (Wildman–Crippen LogP) is -0.285. The van der Waals surface area contributed by atoms with E-state index in [2.05, 4.69) is 25.0 Å². The molecule has 1 amide bonds. The van der Waals surface area contributed by atoms with E-state index < -0.39 is 12.6 Å². The summed E-state index contributed by atoms with van der Waals surface area (Å²) < 4.78 is 4.31. The third kappa shape index (κ3) is 3.94. The van der Waals surface area contributed by atoms with Gasteiger partial charge in [-0.15, -0.1) is 11.3 Å². The quantitative estimate of drug-likeness (QED) is 0.316. The number of nitrogens with zero attached hydrogens (tertiary/aromatic N) is 2. The van der Waals surface area contributed by atoms with Crippen molar-refractivity contribution < 1.29 is 24.0 Å². The Morgan fingerprint density at radius 1 is 1.72 bits per heavy atom. The fourth-order valence-electron chi connectivity index (χ4n) is 0.825. The van der Waals surface area contributed by atoms with E-state index in [9.17, 15) is 14.4 Å². The molecule has 0 unspecified atom stereocenters. The Morgan fingerprint density at radius 2 is 2.50 bits per heavy atom. The van der Waals surface area contributed by atoms with Gasteiger partial charge in [-0.25, -0.2) is 9.78 Å². The van der Waals surface area contributed by atoms with Gasteiger partial charge >= 0.3 is 5.97 Å². The van der Waals surface area contributed by atoms with E-state index >= 15 is 0 Å². The normalized spacial score (nSPS) is 10.6. The Kier molecular flexibility index (Phi) is 5.45. The smallest absolute Gasteiger partial charge is 0.346 e. The zero-order valence-electron chi connectivity index (χ0n) is 9.21. The van der Waals surface area contributed by atoms with E-state index in [1.54, 1.807) is 0 Å². The average molecular weight is 270 g/mol. The van der Waals surface area contributed by atoms with Gasteiger partial charge < -0.3 is 14.9 Å². The lowest BCUT2D eigenvalue weighted by atomic mass is 10.3. The summed E-state index contributed by atoms with van der Waals surface area (Å²) in [5, 5.41) is 7.50. The van der Waals surface area contributed by atoms with Crippen molar-refractivity contribution in [3.8, 4) is 0 Å². The molecule has 0 bridgehead atoms. The molecule has 0 atom stereocenters. The largest absolute Gasteiger partial charge is 0.466 e. The van der Waals surface area contributed by atoms with Crippen LogP contribution >= 0.6 is 11.3 Å². The van der Waals surface area contributed by atoms with E-state index in [0.717, 1.165) is 11.3 Å². The van der Waals surface area contributed by atoms with Gasteiger partial charge in [0.25, 0.3) is 6.29 Å². The first-order chi connectivity index (χ1) is 8.71. The number of amides is 1. The number of carbonyl (C=O) groups is 2. The summed E-state index contributed by atoms with van der Waals surface area (Å²) in [6.45, 7) is -0.425. The maximum absolute atomic E-state index is 10.7. The van der Waals surface area contributed by atoms with Crippen LogP contribution in [0, 0.1) is 0 Å². The van der Waals surface area contributed by atoms with Crippen LogP contribution in [0.5, 0.6) is 0 Å². The van der Waals surface area contributed by atoms with Crippen LogP contribution < -0.4 is 5.32 Å². The van der Waals surface area contributed by atoms with E-state index in [1.165, 1.54) is 18.8 Å². The van der Waals surface area contributed by atoms with Crippen molar-refractivity contribution >= 4 is 40.8 Å². The Labute approximate surface area is 106 Å². The van der Waals surface area contributed by atoms with E-state index in [1.807, 2.05) is 0 Å². The van der Waals surface area contributed by atoms with Crippen LogP contribution in [-0.2, 0) is 24.0 Å². The summed E-state index contributed by atoms with van der Waals surface area (Å²) in [5.41, 5.74) is -0.0293. The fourth-order valence-corrected chi connectivity index (χ4v) is 1.48. The molecule has 1 aromatic heterocycles. The number of rotatable bonds is 7. The first-order valence-electron chi connectivity index (χ1n) is 4.52. The van der Waals surface area contributed by atoms with Gasteiger partial charge in [-0.3, -0.25) is 9.59 Å². The molecule has 18 heavy (non-hydrogen) atoms. The number of carbonyl (C=O) groups excluding carboxylic acids is 3. The molecule has 95 valence electrons. The van der Waals surface area contributed by atoms with Gasteiger partial charge in [0.15, 0.2) is 10.8 Å². The number of aromatic nitrogens is 1. The van der Waals surface area contributed by atoms with Gasteiger partial charge in [-0.05, 0) is 0 Å². The molecule has 1 radical (unpaired) electrons. The number of oxime groups is 1. The van der Waals surface area contributed by atoms with Crippen molar-refractivity contribution in [1.82, 2.24) is 4.98 Å². The second kappa shape index (κ2) is 7.12. The van der Waals surface area contributed by atoms with Gasteiger partial charge in [0, 0.05) is 5.38 Å². The lowest BCUT2D eigenvalue weighted by molar-refractivity contribution is -0.145.